The predicted octanol–water partition coefficient (Wildman–Crippen LogP) is 4.99. The van der Waals surface area contributed by atoms with Crippen molar-refractivity contribution in [1.29, 1.82) is 0 Å². The summed E-state index contributed by atoms with van der Waals surface area (Å²) in [4.78, 5) is 34.9. The Kier molecular flexibility index (Phi) is 5.54. The smallest absolute Gasteiger partial charge is 0.270 e. The Bertz CT molecular complexity index is 950. The maximum absolute atomic E-state index is 13.2. The van der Waals surface area contributed by atoms with Crippen molar-refractivity contribution in [3.63, 3.8) is 0 Å². The van der Waals surface area contributed by atoms with Crippen molar-refractivity contribution in [3.05, 3.63) is 56.4 Å². The third-order valence-electron chi connectivity index (χ3n) is 4.77. The molecule has 1 aliphatic heterocycles. The Morgan fingerprint density at radius 2 is 2.11 bits per heavy atom. The Morgan fingerprint density at radius 3 is 2.82 bits per heavy atom. The minimum Gasteiger partial charge on any atom is -0.283 e. The van der Waals surface area contributed by atoms with E-state index in [4.69, 9.17) is 0 Å². The fourth-order valence-corrected chi connectivity index (χ4v) is 5.06. The molecule has 9 heteroatoms. The van der Waals surface area contributed by atoms with Gasteiger partial charge in [0.2, 0.25) is 5.13 Å². The van der Waals surface area contributed by atoms with E-state index in [2.05, 4.69) is 9.98 Å². The van der Waals surface area contributed by atoms with Crippen molar-refractivity contribution < 1.29 is 9.72 Å². The lowest BCUT2D eigenvalue weighted by molar-refractivity contribution is -0.384. The second-order valence-electron chi connectivity index (χ2n) is 6.64. The number of rotatable bonds is 4. The molecule has 1 saturated heterocycles. The molecule has 0 radical (unpaired) electrons. The number of hydrogen-bond acceptors (Lipinski definition) is 7. The van der Waals surface area contributed by atoms with Crippen LogP contribution in [0.25, 0.3) is 6.08 Å². The van der Waals surface area contributed by atoms with E-state index in [0.717, 1.165) is 25.7 Å². The number of thiazole rings is 1. The number of nitro groups is 1. The maximum atomic E-state index is 13.2. The standard InChI is InChI=1S/C19H18N4O3S2/c24-17-16(12-13-5-4-8-15(11-13)23(25)26)28-19(21-18-20-9-10-27-18)22(17)14-6-2-1-3-7-14/h4-5,8-12,14H,1-3,6-7H2/b16-12-,21-19+. The van der Waals surface area contributed by atoms with Crippen molar-refractivity contribution >= 4 is 51.1 Å². The second-order valence-corrected chi connectivity index (χ2v) is 8.52. The average molecular weight is 415 g/mol. The molecule has 2 aromatic rings. The molecule has 0 spiro atoms. The van der Waals surface area contributed by atoms with Gasteiger partial charge in [0.1, 0.15) is 0 Å². The van der Waals surface area contributed by atoms with Crippen LogP contribution < -0.4 is 0 Å². The number of benzene rings is 1. The zero-order valence-corrected chi connectivity index (χ0v) is 16.6. The summed E-state index contributed by atoms with van der Waals surface area (Å²) in [5, 5.41) is 14.1. The van der Waals surface area contributed by atoms with Gasteiger partial charge in [-0.15, -0.1) is 11.3 Å². The lowest BCUT2D eigenvalue weighted by Gasteiger charge is -2.30. The summed E-state index contributed by atoms with van der Waals surface area (Å²) in [6, 6.07) is 6.44. The summed E-state index contributed by atoms with van der Waals surface area (Å²) >= 11 is 2.74. The van der Waals surface area contributed by atoms with E-state index < -0.39 is 4.92 Å². The first-order chi connectivity index (χ1) is 13.6. The molecule has 0 N–H and O–H groups in total. The van der Waals surface area contributed by atoms with Crippen LogP contribution in [-0.4, -0.2) is 31.9 Å². The fraction of sp³-hybridized carbons (Fsp3) is 0.316. The predicted molar refractivity (Wildman–Crippen MR) is 112 cm³/mol. The topological polar surface area (TPSA) is 88.7 Å². The Morgan fingerprint density at radius 1 is 1.29 bits per heavy atom. The van der Waals surface area contributed by atoms with Crippen LogP contribution in [0, 0.1) is 10.1 Å². The van der Waals surface area contributed by atoms with Gasteiger partial charge in [0, 0.05) is 29.8 Å². The molecule has 7 nitrogen and oxygen atoms in total. The molecule has 1 amide bonds. The van der Waals surface area contributed by atoms with Gasteiger partial charge in [-0.05, 0) is 36.2 Å². The highest BCUT2D eigenvalue weighted by atomic mass is 32.2. The summed E-state index contributed by atoms with van der Waals surface area (Å²) in [6.07, 6.45) is 8.74. The number of amidine groups is 1. The molecular weight excluding hydrogens is 396 g/mol. The molecule has 1 aromatic carbocycles. The quantitative estimate of drug-likeness (QED) is 0.399. The molecule has 1 aliphatic carbocycles. The SMILES string of the molecule is O=C1/C(=C/c2cccc([N+](=O)[O-])c2)S/C(=N/c2nccs2)N1C1CCCCC1. The molecular formula is C19H18N4O3S2. The van der Waals surface area contributed by atoms with E-state index in [1.165, 1.54) is 41.7 Å². The van der Waals surface area contributed by atoms with E-state index in [9.17, 15) is 14.9 Å². The third kappa shape index (κ3) is 4.00. The van der Waals surface area contributed by atoms with Gasteiger partial charge in [0.15, 0.2) is 5.17 Å². The normalized spacial score (nSPS) is 21.0. The number of hydrogen-bond donors (Lipinski definition) is 0. The number of carbonyl (C=O) groups excluding carboxylic acids is 1. The number of aromatic nitrogens is 1. The van der Waals surface area contributed by atoms with E-state index >= 15 is 0 Å². The third-order valence-corrected chi connectivity index (χ3v) is 6.41. The fourth-order valence-electron chi connectivity index (χ4n) is 3.46. The van der Waals surface area contributed by atoms with Gasteiger partial charge in [-0.3, -0.25) is 19.8 Å². The molecule has 2 fully saturated rings. The Hall–Kier alpha value is -2.52. The second kappa shape index (κ2) is 8.24. The molecule has 28 heavy (non-hydrogen) atoms. The molecule has 0 atom stereocenters. The molecule has 1 aromatic heterocycles. The summed E-state index contributed by atoms with van der Waals surface area (Å²) in [5.74, 6) is -0.0845. The van der Waals surface area contributed by atoms with Crippen molar-refractivity contribution in [3.8, 4) is 0 Å². The highest BCUT2D eigenvalue weighted by molar-refractivity contribution is 8.18. The molecule has 2 aliphatic rings. The maximum Gasteiger partial charge on any atom is 0.270 e. The van der Waals surface area contributed by atoms with Crippen LogP contribution in [0.3, 0.4) is 0 Å². The minimum absolute atomic E-state index is 0.00519. The molecule has 1 saturated carbocycles. The van der Waals surface area contributed by atoms with E-state index in [0.29, 0.717) is 20.8 Å². The zero-order valence-electron chi connectivity index (χ0n) is 15.0. The van der Waals surface area contributed by atoms with Gasteiger partial charge in [-0.25, -0.2) is 4.98 Å². The summed E-state index contributed by atoms with van der Waals surface area (Å²) in [6.45, 7) is 0. The van der Waals surface area contributed by atoms with Crippen LogP contribution in [0.5, 0.6) is 0 Å². The van der Waals surface area contributed by atoms with Crippen LogP contribution in [-0.2, 0) is 4.79 Å². The van der Waals surface area contributed by atoms with Gasteiger partial charge >= 0.3 is 0 Å². The van der Waals surface area contributed by atoms with Gasteiger partial charge in [0.25, 0.3) is 11.6 Å². The van der Waals surface area contributed by atoms with Gasteiger partial charge < -0.3 is 0 Å². The summed E-state index contributed by atoms with van der Waals surface area (Å²) in [7, 11) is 0. The van der Waals surface area contributed by atoms with Crippen LogP contribution in [0.2, 0.25) is 0 Å². The first-order valence-corrected chi connectivity index (χ1v) is 10.8. The van der Waals surface area contributed by atoms with Crippen LogP contribution in [0.4, 0.5) is 10.8 Å². The minimum atomic E-state index is -0.435. The largest absolute Gasteiger partial charge is 0.283 e. The van der Waals surface area contributed by atoms with Gasteiger partial charge in [-0.1, -0.05) is 31.4 Å². The Labute approximate surface area is 170 Å². The zero-order chi connectivity index (χ0) is 19.5. The number of aliphatic imine (C=N–C) groups is 1. The first kappa shape index (κ1) is 18.8. The van der Waals surface area contributed by atoms with Crippen LogP contribution in [0.15, 0.2) is 45.7 Å². The lowest BCUT2D eigenvalue weighted by Crippen LogP contribution is -2.40. The van der Waals surface area contributed by atoms with Crippen LogP contribution >= 0.6 is 23.1 Å². The van der Waals surface area contributed by atoms with Crippen molar-refractivity contribution in [2.45, 2.75) is 38.1 Å². The molecule has 2 heterocycles. The summed E-state index contributed by atoms with van der Waals surface area (Å²) < 4.78 is 0. The average Bonchev–Trinajstić information content (AvgIpc) is 3.31. The molecule has 0 bridgehead atoms. The van der Waals surface area contributed by atoms with Gasteiger partial charge in [0.05, 0.1) is 9.83 Å². The Balaban J connectivity index is 1.68. The summed E-state index contributed by atoms with van der Waals surface area (Å²) in [5.41, 5.74) is 0.634. The molecule has 0 unspecified atom stereocenters. The highest BCUT2D eigenvalue weighted by Gasteiger charge is 2.38. The molecule has 4 rings (SSSR count). The van der Waals surface area contributed by atoms with Crippen molar-refractivity contribution in [2.75, 3.05) is 0 Å². The highest BCUT2D eigenvalue weighted by Crippen LogP contribution is 2.38. The lowest BCUT2D eigenvalue weighted by atomic mass is 9.94. The monoisotopic (exact) mass is 414 g/mol. The van der Waals surface area contributed by atoms with Crippen LogP contribution in [0.1, 0.15) is 37.7 Å². The van der Waals surface area contributed by atoms with Gasteiger partial charge in [-0.2, -0.15) is 4.99 Å². The van der Waals surface area contributed by atoms with E-state index in [1.54, 1.807) is 29.3 Å². The van der Waals surface area contributed by atoms with Crippen molar-refractivity contribution in [2.24, 2.45) is 4.99 Å². The number of amides is 1. The van der Waals surface area contributed by atoms with E-state index in [-0.39, 0.29) is 17.6 Å². The number of non-ortho nitro benzene ring substituents is 1. The van der Waals surface area contributed by atoms with Crippen molar-refractivity contribution in [1.82, 2.24) is 9.88 Å². The number of nitro benzene ring substituents is 1. The number of carbonyl (C=O) groups is 1. The first-order valence-electron chi connectivity index (χ1n) is 9.07. The number of thioether (sulfide) groups is 1. The number of nitrogens with zero attached hydrogens (tertiary/aromatic N) is 4. The molecule has 144 valence electrons. The van der Waals surface area contributed by atoms with E-state index in [1.807, 2.05) is 5.38 Å².